The second kappa shape index (κ2) is 5.63. The van der Waals surface area contributed by atoms with Gasteiger partial charge in [-0.05, 0) is 25.3 Å². The van der Waals surface area contributed by atoms with Gasteiger partial charge in [0.2, 0.25) is 5.89 Å². The molecule has 0 bridgehead atoms. The van der Waals surface area contributed by atoms with Crippen molar-refractivity contribution in [2.75, 3.05) is 13.1 Å². The summed E-state index contributed by atoms with van der Waals surface area (Å²) in [6.07, 6.45) is 3.94. The van der Waals surface area contributed by atoms with E-state index in [-0.39, 0.29) is 0 Å². The molecule has 0 radical (unpaired) electrons. The highest BCUT2D eigenvalue weighted by Gasteiger charge is 2.20. The largest absolute Gasteiger partial charge is 0.338 e. The highest BCUT2D eigenvalue weighted by molar-refractivity contribution is 4.92. The first-order valence-electron chi connectivity index (χ1n) is 6.73. The summed E-state index contributed by atoms with van der Waals surface area (Å²) in [5.41, 5.74) is 0. The highest BCUT2D eigenvalue weighted by Crippen LogP contribution is 2.20. The van der Waals surface area contributed by atoms with E-state index in [9.17, 15) is 0 Å². The van der Waals surface area contributed by atoms with Crippen LogP contribution < -0.4 is 0 Å². The van der Waals surface area contributed by atoms with Gasteiger partial charge in [-0.2, -0.15) is 4.98 Å². The van der Waals surface area contributed by atoms with Crippen molar-refractivity contribution in [1.82, 2.24) is 15.0 Å². The second-order valence-electron chi connectivity index (χ2n) is 5.35. The Morgan fingerprint density at radius 3 is 2.94 bits per heavy atom. The third-order valence-electron chi connectivity index (χ3n) is 3.54. The van der Waals surface area contributed by atoms with Crippen LogP contribution in [0.4, 0.5) is 0 Å². The van der Waals surface area contributed by atoms with Gasteiger partial charge in [0.15, 0.2) is 5.82 Å². The molecule has 1 atom stereocenters. The summed E-state index contributed by atoms with van der Waals surface area (Å²) in [5.74, 6) is 2.78. The van der Waals surface area contributed by atoms with Gasteiger partial charge < -0.3 is 4.52 Å². The summed E-state index contributed by atoms with van der Waals surface area (Å²) < 4.78 is 5.29. The third kappa shape index (κ3) is 3.28. The fourth-order valence-corrected chi connectivity index (χ4v) is 2.39. The van der Waals surface area contributed by atoms with Gasteiger partial charge in [-0.1, -0.05) is 32.3 Å². The molecule has 17 heavy (non-hydrogen) atoms. The molecule has 0 amide bonds. The van der Waals surface area contributed by atoms with Gasteiger partial charge in [0, 0.05) is 12.5 Å². The number of nitrogens with zero attached hydrogens (tertiary/aromatic N) is 3. The summed E-state index contributed by atoms with van der Waals surface area (Å²) >= 11 is 0. The summed E-state index contributed by atoms with van der Waals surface area (Å²) in [4.78, 5) is 6.88. The topological polar surface area (TPSA) is 42.2 Å². The summed E-state index contributed by atoms with van der Waals surface area (Å²) in [6.45, 7) is 9.60. The molecule has 2 rings (SSSR count). The third-order valence-corrected chi connectivity index (χ3v) is 3.54. The Balaban J connectivity index is 1.91. The lowest BCUT2D eigenvalue weighted by atomic mass is 9.96. The number of likely N-dealkylation sites (tertiary alicyclic amines) is 1. The normalized spacial score (nSPS) is 22.2. The van der Waals surface area contributed by atoms with Crippen molar-refractivity contribution < 1.29 is 4.52 Å². The van der Waals surface area contributed by atoms with Gasteiger partial charge in [-0.15, -0.1) is 0 Å². The molecule has 1 fully saturated rings. The molecule has 4 nitrogen and oxygen atoms in total. The van der Waals surface area contributed by atoms with Crippen LogP contribution in [0.1, 0.15) is 57.7 Å². The first-order chi connectivity index (χ1) is 8.19. The van der Waals surface area contributed by atoms with Crippen LogP contribution in [-0.2, 0) is 6.54 Å². The fraction of sp³-hybridized carbons (Fsp3) is 0.846. The predicted molar refractivity (Wildman–Crippen MR) is 66.7 cm³/mol. The molecular weight excluding hydrogens is 214 g/mol. The van der Waals surface area contributed by atoms with E-state index < -0.39 is 0 Å². The smallest absolute Gasteiger partial charge is 0.240 e. The van der Waals surface area contributed by atoms with Crippen LogP contribution in [-0.4, -0.2) is 28.1 Å². The molecule has 0 aromatic carbocycles. The van der Waals surface area contributed by atoms with E-state index in [1.54, 1.807) is 0 Å². The molecule has 4 heteroatoms. The van der Waals surface area contributed by atoms with E-state index in [0.717, 1.165) is 30.7 Å². The molecule has 0 N–H and O–H groups in total. The van der Waals surface area contributed by atoms with Gasteiger partial charge in [-0.25, -0.2) is 0 Å². The second-order valence-corrected chi connectivity index (χ2v) is 5.35. The molecule has 0 saturated carbocycles. The number of rotatable bonds is 4. The average molecular weight is 237 g/mol. The monoisotopic (exact) mass is 237 g/mol. The van der Waals surface area contributed by atoms with E-state index >= 15 is 0 Å². The average Bonchev–Trinajstić information content (AvgIpc) is 2.78. The van der Waals surface area contributed by atoms with E-state index in [2.05, 4.69) is 35.8 Å². The van der Waals surface area contributed by atoms with Crippen molar-refractivity contribution in [2.45, 2.75) is 52.5 Å². The standard InChI is InChI=1S/C13H23N3O/c1-4-11-6-5-7-16(8-11)9-12-14-13(10(2)3)15-17-12/h10-11H,4-9H2,1-3H3. The molecule has 0 aliphatic carbocycles. The zero-order valence-corrected chi connectivity index (χ0v) is 11.1. The van der Waals surface area contributed by atoms with Gasteiger partial charge >= 0.3 is 0 Å². The Kier molecular flexibility index (Phi) is 4.15. The maximum absolute atomic E-state index is 5.29. The lowest BCUT2D eigenvalue weighted by Gasteiger charge is -2.30. The number of piperidine rings is 1. The van der Waals surface area contributed by atoms with Gasteiger partial charge in [0.1, 0.15) is 0 Å². The summed E-state index contributed by atoms with van der Waals surface area (Å²) in [6, 6.07) is 0. The van der Waals surface area contributed by atoms with Crippen LogP contribution in [0.25, 0.3) is 0 Å². The van der Waals surface area contributed by atoms with Crippen LogP contribution in [0.2, 0.25) is 0 Å². The molecule has 0 spiro atoms. The summed E-state index contributed by atoms with van der Waals surface area (Å²) in [5, 5.41) is 4.01. The first kappa shape index (κ1) is 12.6. The van der Waals surface area contributed by atoms with Crippen LogP contribution in [0.15, 0.2) is 4.52 Å². The lowest BCUT2D eigenvalue weighted by Crippen LogP contribution is -2.34. The molecule has 1 aromatic heterocycles. The summed E-state index contributed by atoms with van der Waals surface area (Å²) in [7, 11) is 0. The van der Waals surface area contributed by atoms with E-state index in [1.807, 2.05) is 0 Å². The molecule has 1 aliphatic rings. The maximum Gasteiger partial charge on any atom is 0.240 e. The molecule has 1 aromatic rings. The zero-order valence-electron chi connectivity index (χ0n) is 11.1. The zero-order chi connectivity index (χ0) is 12.3. The maximum atomic E-state index is 5.29. The minimum Gasteiger partial charge on any atom is -0.338 e. The molecule has 1 saturated heterocycles. The van der Waals surface area contributed by atoms with E-state index in [0.29, 0.717) is 5.92 Å². The van der Waals surface area contributed by atoms with Gasteiger partial charge in [0.25, 0.3) is 0 Å². The SMILES string of the molecule is CCC1CCCN(Cc2nc(C(C)C)no2)C1. The van der Waals surface area contributed by atoms with Gasteiger partial charge in [-0.3, -0.25) is 4.90 Å². The number of aromatic nitrogens is 2. The van der Waals surface area contributed by atoms with Crippen molar-refractivity contribution in [3.63, 3.8) is 0 Å². The number of hydrogen-bond acceptors (Lipinski definition) is 4. The molecule has 96 valence electrons. The molecule has 2 heterocycles. The van der Waals surface area contributed by atoms with Crippen molar-refractivity contribution in [3.8, 4) is 0 Å². The Morgan fingerprint density at radius 1 is 1.47 bits per heavy atom. The molecular formula is C13H23N3O. The van der Waals surface area contributed by atoms with Crippen LogP contribution in [0, 0.1) is 5.92 Å². The first-order valence-corrected chi connectivity index (χ1v) is 6.73. The van der Waals surface area contributed by atoms with E-state index in [1.165, 1.54) is 25.8 Å². The Morgan fingerprint density at radius 2 is 2.29 bits per heavy atom. The van der Waals surface area contributed by atoms with Crippen molar-refractivity contribution in [3.05, 3.63) is 11.7 Å². The van der Waals surface area contributed by atoms with E-state index in [4.69, 9.17) is 4.52 Å². The quantitative estimate of drug-likeness (QED) is 0.807. The lowest BCUT2D eigenvalue weighted by molar-refractivity contribution is 0.148. The van der Waals surface area contributed by atoms with Crippen LogP contribution in [0.5, 0.6) is 0 Å². The van der Waals surface area contributed by atoms with Crippen molar-refractivity contribution in [2.24, 2.45) is 5.92 Å². The predicted octanol–water partition coefficient (Wildman–Crippen LogP) is 2.82. The van der Waals surface area contributed by atoms with Gasteiger partial charge in [0.05, 0.1) is 6.54 Å². The highest BCUT2D eigenvalue weighted by atomic mass is 16.5. The Bertz CT molecular complexity index is 348. The number of hydrogen-bond donors (Lipinski definition) is 0. The van der Waals surface area contributed by atoms with Crippen LogP contribution >= 0.6 is 0 Å². The molecule has 1 aliphatic heterocycles. The molecule has 1 unspecified atom stereocenters. The fourth-order valence-electron chi connectivity index (χ4n) is 2.39. The van der Waals surface area contributed by atoms with Crippen molar-refractivity contribution in [1.29, 1.82) is 0 Å². The van der Waals surface area contributed by atoms with Crippen LogP contribution in [0.3, 0.4) is 0 Å². The minimum atomic E-state index is 0.345. The Hall–Kier alpha value is -0.900. The Labute approximate surface area is 103 Å². The minimum absolute atomic E-state index is 0.345. The van der Waals surface area contributed by atoms with Crippen molar-refractivity contribution >= 4 is 0 Å².